The molecule has 0 aromatic carbocycles. The molecule has 1 heterocycles. The molecule has 0 amide bonds. The molecule has 1 spiro atoms. The number of aliphatic hydroxyl groups is 2. The van der Waals surface area contributed by atoms with E-state index in [1.165, 1.54) is 38.5 Å². The average molecular weight is 243 g/mol. The molecular formula is C13H25NO3. The molecule has 2 atom stereocenters. The molecular weight excluding hydrogens is 218 g/mol. The molecule has 1 saturated heterocycles. The van der Waals surface area contributed by atoms with E-state index in [-0.39, 0.29) is 12.2 Å². The molecule has 4 heteroatoms. The Morgan fingerprint density at radius 1 is 1.24 bits per heavy atom. The van der Waals surface area contributed by atoms with Crippen molar-refractivity contribution in [2.75, 3.05) is 19.7 Å². The van der Waals surface area contributed by atoms with Gasteiger partial charge in [0.2, 0.25) is 0 Å². The topological polar surface area (TPSA) is 61.7 Å². The van der Waals surface area contributed by atoms with Gasteiger partial charge in [0.05, 0.1) is 24.4 Å². The van der Waals surface area contributed by atoms with Gasteiger partial charge in [-0.25, -0.2) is 0 Å². The molecule has 0 bridgehead atoms. The predicted octanol–water partition coefficient (Wildman–Crippen LogP) is 0.811. The van der Waals surface area contributed by atoms with Crippen LogP contribution < -0.4 is 5.32 Å². The maximum Gasteiger partial charge on any atom is 0.0894 e. The minimum Gasteiger partial charge on any atom is -0.394 e. The quantitative estimate of drug-likeness (QED) is 0.669. The highest BCUT2D eigenvalue weighted by atomic mass is 16.5. The molecule has 2 fully saturated rings. The fourth-order valence-corrected chi connectivity index (χ4v) is 3.08. The van der Waals surface area contributed by atoms with Crippen LogP contribution in [0.15, 0.2) is 0 Å². The van der Waals surface area contributed by atoms with Crippen LogP contribution in [0.2, 0.25) is 0 Å². The molecule has 1 aliphatic heterocycles. The van der Waals surface area contributed by atoms with Gasteiger partial charge in [0.1, 0.15) is 0 Å². The van der Waals surface area contributed by atoms with Gasteiger partial charge in [-0.15, -0.1) is 0 Å². The maximum absolute atomic E-state index is 9.22. The molecule has 17 heavy (non-hydrogen) atoms. The number of hydrogen-bond donors (Lipinski definition) is 3. The van der Waals surface area contributed by atoms with Gasteiger partial charge in [0, 0.05) is 13.1 Å². The van der Waals surface area contributed by atoms with E-state index in [9.17, 15) is 5.11 Å². The summed E-state index contributed by atoms with van der Waals surface area (Å²) in [5.41, 5.74) is 0.181. The lowest BCUT2D eigenvalue weighted by Gasteiger charge is -2.33. The van der Waals surface area contributed by atoms with Crippen LogP contribution >= 0.6 is 0 Å². The lowest BCUT2D eigenvalue weighted by Crippen LogP contribution is -2.37. The SMILES string of the molecule is OCC(O)CNCC1CCC2(CCCCC2)O1. The summed E-state index contributed by atoms with van der Waals surface area (Å²) in [6, 6.07) is 0. The van der Waals surface area contributed by atoms with Crippen molar-refractivity contribution in [2.45, 2.75) is 62.8 Å². The van der Waals surface area contributed by atoms with Crippen LogP contribution in [0.3, 0.4) is 0 Å². The second-order valence-corrected chi connectivity index (χ2v) is 5.52. The van der Waals surface area contributed by atoms with Gasteiger partial charge in [-0.3, -0.25) is 0 Å². The van der Waals surface area contributed by atoms with E-state index in [2.05, 4.69) is 5.32 Å². The van der Waals surface area contributed by atoms with Gasteiger partial charge in [0.15, 0.2) is 0 Å². The molecule has 1 aliphatic carbocycles. The molecule has 2 unspecified atom stereocenters. The third kappa shape index (κ3) is 3.65. The Bertz CT molecular complexity index is 229. The first-order chi connectivity index (χ1) is 8.24. The standard InChI is InChI=1S/C13H25NO3/c15-10-11(16)8-14-9-12-4-7-13(17-12)5-2-1-3-6-13/h11-12,14-16H,1-10H2. The highest BCUT2D eigenvalue weighted by Gasteiger charge is 2.40. The second kappa shape index (κ2) is 6.14. The Kier molecular flexibility index (Phi) is 4.79. The molecule has 1 saturated carbocycles. The summed E-state index contributed by atoms with van der Waals surface area (Å²) in [5, 5.41) is 21.1. The predicted molar refractivity (Wildman–Crippen MR) is 65.9 cm³/mol. The van der Waals surface area contributed by atoms with Crippen LogP contribution in [0.5, 0.6) is 0 Å². The van der Waals surface area contributed by atoms with Crippen molar-refractivity contribution in [3.8, 4) is 0 Å². The molecule has 4 nitrogen and oxygen atoms in total. The smallest absolute Gasteiger partial charge is 0.0894 e. The normalized spacial score (nSPS) is 29.6. The Hall–Kier alpha value is -0.160. The van der Waals surface area contributed by atoms with E-state index in [1.807, 2.05) is 0 Å². The summed E-state index contributed by atoms with van der Waals surface area (Å²) in [4.78, 5) is 0. The third-order valence-electron chi connectivity index (χ3n) is 4.07. The van der Waals surface area contributed by atoms with Gasteiger partial charge in [-0.1, -0.05) is 19.3 Å². The molecule has 2 rings (SSSR count). The third-order valence-corrected chi connectivity index (χ3v) is 4.07. The van der Waals surface area contributed by atoms with Crippen molar-refractivity contribution in [3.05, 3.63) is 0 Å². The Balaban J connectivity index is 1.67. The van der Waals surface area contributed by atoms with Gasteiger partial charge >= 0.3 is 0 Å². The van der Waals surface area contributed by atoms with Crippen LogP contribution in [0.25, 0.3) is 0 Å². The van der Waals surface area contributed by atoms with Gasteiger partial charge < -0.3 is 20.3 Å². The first kappa shape index (κ1) is 13.3. The van der Waals surface area contributed by atoms with Crippen molar-refractivity contribution in [3.63, 3.8) is 0 Å². The van der Waals surface area contributed by atoms with Crippen LogP contribution in [-0.2, 0) is 4.74 Å². The first-order valence-corrected chi connectivity index (χ1v) is 6.92. The zero-order chi connectivity index (χ0) is 12.1. The fraction of sp³-hybridized carbons (Fsp3) is 1.00. The lowest BCUT2D eigenvalue weighted by molar-refractivity contribution is -0.0629. The van der Waals surface area contributed by atoms with Crippen LogP contribution in [0.4, 0.5) is 0 Å². The average Bonchev–Trinajstić information content (AvgIpc) is 2.73. The van der Waals surface area contributed by atoms with E-state index in [1.54, 1.807) is 0 Å². The van der Waals surface area contributed by atoms with Crippen LogP contribution in [-0.4, -0.2) is 47.7 Å². The van der Waals surface area contributed by atoms with Crippen LogP contribution in [0, 0.1) is 0 Å². The Morgan fingerprint density at radius 2 is 2.00 bits per heavy atom. The maximum atomic E-state index is 9.22. The molecule has 3 N–H and O–H groups in total. The van der Waals surface area contributed by atoms with Crippen molar-refractivity contribution in [2.24, 2.45) is 0 Å². The van der Waals surface area contributed by atoms with Crippen molar-refractivity contribution in [1.82, 2.24) is 5.32 Å². The molecule has 100 valence electrons. The van der Waals surface area contributed by atoms with E-state index in [0.717, 1.165) is 13.0 Å². The number of rotatable bonds is 5. The molecule has 0 aromatic rings. The summed E-state index contributed by atoms with van der Waals surface area (Å²) in [5.74, 6) is 0. The number of hydrogen-bond acceptors (Lipinski definition) is 4. The van der Waals surface area contributed by atoms with Gasteiger partial charge in [-0.2, -0.15) is 0 Å². The molecule has 0 aromatic heterocycles. The Labute approximate surface area is 103 Å². The monoisotopic (exact) mass is 243 g/mol. The highest BCUT2D eigenvalue weighted by Crippen LogP contribution is 2.41. The molecule has 0 radical (unpaired) electrons. The minimum absolute atomic E-state index is 0.178. The number of nitrogens with one attached hydrogen (secondary N) is 1. The van der Waals surface area contributed by atoms with Gasteiger partial charge in [-0.05, 0) is 25.7 Å². The fourth-order valence-electron chi connectivity index (χ4n) is 3.08. The lowest BCUT2D eigenvalue weighted by atomic mass is 9.83. The zero-order valence-electron chi connectivity index (χ0n) is 10.5. The van der Waals surface area contributed by atoms with E-state index < -0.39 is 6.10 Å². The van der Waals surface area contributed by atoms with Crippen molar-refractivity contribution < 1.29 is 14.9 Å². The summed E-state index contributed by atoms with van der Waals surface area (Å²) in [7, 11) is 0. The second-order valence-electron chi connectivity index (χ2n) is 5.52. The van der Waals surface area contributed by atoms with E-state index in [0.29, 0.717) is 12.6 Å². The van der Waals surface area contributed by atoms with Crippen molar-refractivity contribution in [1.29, 1.82) is 0 Å². The molecule has 2 aliphatic rings. The highest BCUT2D eigenvalue weighted by molar-refractivity contribution is 4.91. The van der Waals surface area contributed by atoms with Crippen molar-refractivity contribution >= 4 is 0 Å². The number of ether oxygens (including phenoxy) is 1. The summed E-state index contributed by atoms with van der Waals surface area (Å²) >= 11 is 0. The van der Waals surface area contributed by atoms with Crippen LogP contribution in [0.1, 0.15) is 44.9 Å². The number of aliphatic hydroxyl groups excluding tert-OH is 2. The van der Waals surface area contributed by atoms with Gasteiger partial charge in [0.25, 0.3) is 0 Å². The summed E-state index contributed by atoms with van der Waals surface area (Å²) < 4.78 is 6.20. The first-order valence-electron chi connectivity index (χ1n) is 6.92. The largest absolute Gasteiger partial charge is 0.394 e. The Morgan fingerprint density at radius 3 is 2.71 bits per heavy atom. The van der Waals surface area contributed by atoms with E-state index >= 15 is 0 Å². The summed E-state index contributed by atoms with van der Waals surface area (Å²) in [6.07, 6.45) is 8.39. The summed E-state index contributed by atoms with van der Waals surface area (Å²) in [6.45, 7) is 1.06. The zero-order valence-corrected chi connectivity index (χ0v) is 10.5. The minimum atomic E-state index is -0.653. The van der Waals surface area contributed by atoms with E-state index in [4.69, 9.17) is 9.84 Å².